The fraction of sp³-hybridized carbons (Fsp3) is 0.333. The van der Waals surface area contributed by atoms with Gasteiger partial charge < -0.3 is 19.3 Å². The Bertz CT molecular complexity index is 1350. The summed E-state index contributed by atoms with van der Waals surface area (Å²) in [6.45, 7) is 5.70. The van der Waals surface area contributed by atoms with Gasteiger partial charge in [-0.05, 0) is 87.9 Å². The number of aliphatic imine (C=N–C) groups is 1. The minimum atomic E-state index is -4.22. The third-order valence-electron chi connectivity index (χ3n) is 5.56. The van der Waals surface area contributed by atoms with Gasteiger partial charge in [0.25, 0.3) is 0 Å². The number of carbonyl (C=O) groups is 1. The molecule has 0 unspecified atom stereocenters. The SMILES string of the molecule is CC(C)(C)OC(=O)N=C(CCCc1ccc(Sc2cccc(OCc3ccccc3)c2)cc1Cl)CCP(=O)(O)O. The first-order valence-corrected chi connectivity index (χ1v) is 15.9. The van der Waals surface area contributed by atoms with Crippen molar-refractivity contribution in [3.63, 3.8) is 0 Å². The van der Waals surface area contributed by atoms with Crippen LogP contribution in [-0.4, -0.2) is 33.4 Å². The summed E-state index contributed by atoms with van der Waals surface area (Å²) >= 11 is 8.18. The molecule has 0 aromatic heterocycles. The summed E-state index contributed by atoms with van der Waals surface area (Å²) in [5, 5.41) is 0.627. The van der Waals surface area contributed by atoms with Gasteiger partial charge in [0.15, 0.2) is 0 Å². The lowest BCUT2D eigenvalue weighted by molar-refractivity contribution is 0.0603. The van der Waals surface area contributed by atoms with Crippen LogP contribution in [0.15, 0.2) is 87.6 Å². The van der Waals surface area contributed by atoms with E-state index in [9.17, 15) is 19.1 Å². The number of aryl methyl sites for hydroxylation is 1. The van der Waals surface area contributed by atoms with Gasteiger partial charge in [0.1, 0.15) is 18.0 Å². The number of amides is 1. The van der Waals surface area contributed by atoms with E-state index in [1.165, 1.54) is 0 Å². The van der Waals surface area contributed by atoms with E-state index >= 15 is 0 Å². The molecule has 0 aliphatic rings. The summed E-state index contributed by atoms with van der Waals surface area (Å²) < 4.78 is 22.5. The van der Waals surface area contributed by atoms with Crippen molar-refractivity contribution in [2.24, 2.45) is 4.99 Å². The van der Waals surface area contributed by atoms with E-state index in [0.717, 1.165) is 26.7 Å². The Hall–Kier alpha value is -2.61. The highest BCUT2D eigenvalue weighted by Gasteiger charge is 2.19. The second-order valence-electron chi connectivity index (χ2n) is 10.3. The zero-order valence-electron chi connectivity index (χ0n) is 22.9. The minimum absolute atomic E-state index is 0.0148. The number of nitrogens with zero attached hydrogens (tertiary/aromatic N) is 1. The molecule has 0 radical (unpaired) electrons. The third kappa shape index (κ3) is 12.3. The van der Waals surface area contributed by atoms with Gasteiger partial charge in [-0.3, -0.25) is 4.57 Å². The van der Waals surface area contributed by atoms with Crippen LogP contribution >= 0.6 is 31.0 Å². The van der Waals surface area contributed by atoms with Crippen molar-refractivity contribution in [1.29, 1.82) is 0 Å². The number of benzene rings is 3. The molecule has 7 nitrogen and oxygen atoms in total. The van der Waals surface area contributed by atoms with E-state index in [-0.39, 0.29) is 12.6 Å². The first-order chi connectivity index (χ1) is 18.9. The van der Waals surface area contributed by atoms with Gasteiger partial charge in [-0.15, -0.1) is 0 Å². The molecule has 1 amide bonds. The van der Waals surface area contributed by atoms with Crippen LogP contribution in [0.4, 0.5) is 4.79 Å². The molecule has 0 spiro atoms. The highest BCUT2D eigenvalue weighted by Crippen LogP contribution is 2.36. The topological polar surface area (TPSA) is 105 Å². The zero-order valence-corrected chi connectivity index (χ0v) is 25.3. The Balaban J connectivity index is 1.58. The normalized spacial score (nSPS) is 12.3. The summed E-state index contributed by atoms with van der Waals surface area (Å²) in [6, 6.07) is 23.8. The van der Waals surface area contributed by atoms with Crippen LogP contribution in [-0.2, 0) is 22.3 Å². The van der Waals surface area contributed by atoms with Crippen LogP contribution in [0.1, 0.15) is 51.2 Å². The lowest BCUT2D eigenvalue weighted by Crippen LogP contribution is -2.22. The molecule has 2 N–H and O–H groups in total. The molecule has 3 aromatic carbocycles. The summed E-state index contributed by atoms with van der Waals surface area (Å²) in [6.07, 6.45) is 0.496. The standard InChI is InChI=1S/C30H35ClNO6PS/c1-30(2,3)38-29(33)32-24(17-18-39(34,35)36)12-7-11-23-15-16-27(20-28(23)31)40-26-14-8-13-25(19-26)37-21-22-9-5-4-6-10-22/h4-6,8-10,13-16,19-20H,7,11-12,17-18,21H2,1-3H3,(H2,34,35,36). The highest BCUT2D eigenvalue weighted by molar-refractivity contribution is 7.99. The van der Waals surface area contributed by atoms with E-state index in [1.807, 2.05) is 72.8 Å². The van der Waals surface area contributed by atoms with Crippen molar-refractivity contribution in [1.82, 2.24) is 0 Å². The van der Waals surface area contributed by atoms with Gasteiger partial charge in [0.05, 0.1) is 6.16 Å². The van der Waals surface area contributed by atoms with Crippen molar-refractivity contribution in [2.75, 3.05) is 6.16 Å². The smallest absolute Gasteiger partial charge is 0.434 e. The lowest BCUT2D eigenvalue weighted by atomic mass is 10.1. The predicted octanol–water partition coefficient (Wildman–Crippen LogP) is 8.34. The van der Waals surface area contributed by atoms with Crippen LogP contribution in [0.3, 0.4) is 0 Å². The molecule has 0 bridgehead atoms. The van der Waals surface area contributed by atoms with Crippen molar-refractivity contribution in [3.8, 4) is 5.75 Å². The molecule has 3 aromatic rings. The Morgan fingerprint density at radius 2 is 1.70 bits per heavy atom. The summed E-state index contributed by atoms with van der Waals surface area (Å²) in [5.74, 6) is 0.791. The first kappa shape index (κ1) is 31.9. The molecular formula is C30H35ClNO6PS. The maximum Gasteiger partial charge on any atom is 0.434 e. The third-order valence-corrected chi connectivity index (χ3v) is 7.70. The van der Waals surface area contributed by atoms with Gasteiger partial charge in [-0.2, -0.15) is 4.99 Å². The van der Waals surface area contributed by atoms with Crippen LogP contribution in [0.25, 0.3) is 0 Å². The van der Waals surface area contributed by atoms with Gasteiger partial charge in [-0.25, -0.2) is 4.79 Å². The molecule has 3 rings (SSSR count). The monoisotopic (exact) mass is 603 g/mol. The van der Waals surface area contributed by atoms with E-state index < -0.39 is 19.3 Å². The lowest BCUT2D eigenvalue weighted by Gasteiger charge is -2.18. The van der Waals surface area contributed by atoms with Crippen LogP contribution in [0.5, 0.6) is 5.75 Å². The molecule has 40 heavy (non-hydrogen) atoms. The van der Waals surface area contributed by atoms with Crippen molar-refractivity contribution < 1.29 is 28.6 Å². The quantitative estimate of drug-likeness (QED) is 0.158. The van der Waals surface area contributed by atoms with E-state index in [4.69, 9.17) is 21.1 Å². The minimum Gasteiger partial charge on any atom is -0.489 e. The Labute approximate surface area is 245 Å². The molecular weight excluding hydrogens is 569 g/mol. The maximum absolute atomic E-state index is 12.2. The zero-order chi connectivity index (χ0) is 29.2. The van der Waals surface area contributed by atoms with E-state index in [2.05, 4.69) is 4.99 Å². The van der Waals surface area contributed by atoms with Crippen LogP contribution in [0.2, 0.25) is 5.02 Å². The molecule has 0 atom stereocenters. The summed E-state index contributed by atoms with van der Waals surface area (Å²) in [5.41, 5.74) is 1.74. The van der Waals surface area contributed by atoms with E-state index in [1.54, 1.807) is 32.5 Å². The number of hydrogen-bond donors (Lipinski definition) is 2. The number of halogens is 1. The molecule has 0 saturated heterocycles. The predicted molar refractivity (Wildman–Crippen MR) is 161 cm³/mol. The van der Waals surface area contributed by atoms with Gasteiger partial charge >= 0.3 is 13.7 Å². The van der Waals surface area contributed by atoms with Crippen molar-refractivity contribution in [2.45, 2.75) is 68.5 Å². The molecule has 0 heterocycles. The largest absolute Gasteiger partial charge is 0.489 e. The molecule has 0 aliphatic carbocycles. The second-order valence-corrected chi connectivity index (χ2v) is 13.6. The number of hydrogen-bond acceptors (Lipinski definition) is 5. The molecule has 0 aliphatic heterocycles. The Morgan fingerprint density at radius 3 is 2.38 bits per heavy atom. The van der Waals surface area contributed by atoms with Crippen molar-refractivity contribution >= 4 is 42.8 Å². The molecule has 0 saturated carbocycles. The van der Waals surface area contributed by atoms with Crippen LogP contribution < -0.4 is 4.74 Å². The molecule has 214 valence electrons. The van der Waals surface area contributed by atoms with E-state index in [0.29, 0.717) is 36.6 Å². The number of carbonyl (C=O) groups excluding carboxylic acids is 1. The number of ether oxygens (including phenoxy) is 2. The average molecular weight is 604 g/mol. The Morgan fingerprint density at radius 1 is 0.975 bits per heavy atom. The van der Waals surface area contributed by atoms with Gasteiger partial charge in [0, 0.05) is 20.5 Å². The fourth-order valence-corrected chi connectivity index (χ4v) is 5.50. The first-order valence-electron chi connectivity index (χ1n) is 12.9. The maximum atomic E-state index is 12.2. The molecule has 0 fully saturated rings. The fourth-order valence-electron chi connectivity index (χ4n) is 3.71. The molecule has 10 heteroatoms. The second kappa shape index (κ2) is 14.9. The Kier molecular flexibility index (Phi) is 11.9. The van der Waals surface area contributed by atoms with Crippen molar-refractivity contribution in [3.05, 3.63) is 88.9 Å². The van der Waals surface area contributed by atoms with Crippen LogP contribution in [0, 0.1) is 0 Å². The summed E-state index contributed by atoms with van der Waals surface area (Å²) in [4.78, 5) is 36.7. The average Bonchev–Trinajstić information content (AvgIpc) is 2.86. The van der Waals surface area contributed by atoms with Gasteiger partial charge in [-0.1, -0.05) is 65.8 Å². The summed E-state index contributed by atoms with van der Waals surface area (Å²) in [7, 11) is -4.22. The number of rotatable bonds is 12. The van der Waals surface area contributed by atoms with Gasteiger partial charge in [0.2, 0.25) is 0 Å². The highest BCUT2D eigenvalue weighted by atomic mass is 35.5.